The molecule has 0 atom stereocenters. The number of benzene rings is 9. The summed E-state index contributed by atoms with van der Waals surface area (Å²) in [7, 11) is -2.65. The first kappa shape index (κ1) is 39.2. The average molecular weight is 797 g/mol. The van der Waals surface area contributed by atoms with E-state index >= 15 is 0 Å². The third-order valence-electron chi connectivity index (χ3n) is 12.0. The molecule has 61 heavy (non-hydrogen) atoms. The van der Waals surface area contributed by atoms with Crippen LogP contribution in [0, 0.1) is 0 Å². The molecule has 0 aliphatic heterocycles. The van der Waals surface area contributed by atoms with E-state index in [0.717, 1.165) is 6.42 Å². The van der Waals surface area contributed by atoms with Gasteiger partial charge in [-0.25, -0.2) is 0 Å². The number of allylic oxidation sites excluding steroid dienone is 3. The molecule has 0 aromatic heterocycles. The maximum absolute atomic E-state index is 2.65. The zero-order valence-electron chi connectivity index (χ0n) is 34.3. The molecule has 0 amide bonds. The van der Waals surface area contributed by atoms with Crippen molar-refractivity contribution >= 4 is 40.5 Å². The van der Waals surface area contributed by atoms with Gasteiger partial charge in [0.15, 0.2) is 8.07 Å². The fourth-order valence-corrected chi connectivity index (χ4v) is 14.1. The molecule has 9 aromatic carbocycles. The molecule has 0 radical (unpaired) electrons. The maximum atomic E-state index is 2.43. The zero-order valence-corrected chi connectivity index (χ0v) is 35.3. The molecular weight excluding hydrogens is 749 g/mol. The third kappa shape index (κ3) is 7.92. The Morgan fingerprint density at radius 1 is 0.361 bits per heavy atom. The van der Waals surface area contributed by atoms with Crippen molar-refractivity contribution in [3.63, 3.8) is 0 Å². The van der Waals surface area contributed by atoms with Crippen molar-refractivity contribution in [2.75, 3.05) is 0 Å². The van der Waals surface area contributed by atoms with E-state index in [1.165, 1.54) is 65.3 Å². The first-order valence-electron chi connectivity index (χ1n) is 21.2. The quantitative estimate of drug-likeness (QED) is 0.0619. The highest BCUT2D eigenvalue weighted by Gasteiger charge is 2.41. The Morgan fingerprint density at radius 3 is 1.23 bits per heavy atom. The molecule has 0 bridgehead atoms. The van der Waals surface area contributed by atoms with E-state index in [1.807, 2.05) is 0 Å². The van der Waals surface area contributed by atoms with Gasteiger partial charge in [0.1, 0.15) is 0 Å². The second-order valence-corrected chi connectivity index (χ2v) is 19.4. The summed E-state index contributed by atoms with van der Waals surface area (Å²) >= 11 is 0. The summed E-state index contributed by atoms with van der Waals surface area (Å²) in [5.74, 6) is 0. The van der Waals surface area contributed by atoms with E-state index in [-0.39, 0.29) is 0 Å². The Bertz CT molecular complexity index is 2640. The van der Waals surface area contributed by atoms with Crippen molar-refractivity contribution in [3.05, 3.63) is 312 Å². The molecule has 0 saturated heterocycles. The van der Waals surface area contributed by atoms with Gasteiger partial charge >= 0.3 is 0 Å². The van der Waals surface area contributed by atoms with Gasteiger partial charge in [-0.15, -0.1) is 0 Å². The van der Waals surface area contributed by atoms with Gasteiger partial charge < -0.3 is 0 Å². The van der Waals surface area contributed by atoms with Crippen LogP contribution in [0.4, 0.5) is 0 Å². The topological polar surface area (TPSA) is 0 Å². The van der Waals surface area contributed by atoms with Crippen LogP contribution in [0.15, 0.2) is 273 Å². The lowest BCUT2D eigenvalue weighted by molar-refractivity contribution is 0.743. The summed E-state index contributed by atoms with van der Waals surface area (Å²) in [4.78, 5) is 0. The molecule has 0 N–H and O–H groups in total. The Morgan fingerprint density at radius 2 is 0.754 bits per heavy atom. The molecule has 1 heteroatoms. The number of hydrogen-bond acceptors (Lipinski definition) is 0. The van der Waals surface area contributed by atoms with E-state index in [9.17, 15) is 0 Å². The van der Waals surface area contributed by atoms with Gasteiger partial charge in [0.05, 0.1) is 5.41 Å². The van der Waals surface area contributed by atoms with E-state index in [2.05, 4.69) is 279 Å². The number of rotatable bonds is 13. The molecule has 9 rings (SSSR count). The highest BCUT2D eigenvalue weighted by molar-refractivity contribution is 7.19. The predicted molar refractivity (Wildman–Crippen MR) is 262 cm³/mol. The van der Waals surface area contributed by atoms with Crippen molar-refractivity contribution in [3.8, 4) is 0 Å². The third-order valence-corrected chi connectivity index (χ3v) is 16.8. The summed E-state index contributed by atoms with van der Waals surface area (Å²) in [6.45, 7) is 0. The molecule has 0 fully saturated rings. The SMILES string of the molecule is C(=C\c1cccc([Si](c2ccccc2)(c2ccccc2)c2ccccc2)c1)/C(=C\Cc1cccc(C(c2ccccc2)(c2ccccc2)c2ccccc2)c1)c1ccccc1. The van der Waals surface area contributed by atoms with Crippen LogP contribution in [0.3, 0.4) is 0 Å². The highest BCUT2D eigenvalue weighted by atomic mass is 28.3. The molecule has 0 spiro atoms. The van der Waals surface area contributed by atoms with Crippen molar-refractivity contribution in [2.24, 2.45) is 0 Å². The molecule has 292 valence electrons. The van der Waals surface area contributed by atoms with Crippen LogP contribution < -0.4 is 20.7 Å². The molecule has 0 saturated carbocycles. The van der Waals surface area contributed by atoms with Crippen LogP contribution in [0.2, 0.25) is 0 Å². The second-order valence-electron chi connectivity index (χ2n) is 15.6. The smallest absolute Gasteiger partial charge is 0.0723 e. The van der Waals surface area contributed by atoms with E-state index in [4.69, 9.17) is 0 Å². The molecular formula is C60H48Si. The van der Waals surface area contributed by atoms with Gasteiger partial charge in [-0.2, -0.15) is 0 Å². The largest absolute Gasteiger partial charge is 0.179 e. The van der Waals surface area contributed by atoms with E-state index in [1.54, 1.807) is 0 Å². The van der Waals surface area contributed by atoms with Crippen LogP contribution in [-0.2, 0) is 11.8 Å². The molecule has 0 aliphatic rings. The van der Waals surface area contributed by atoms with Gasteiger partial charge in [-0.05, 0) is 71.7 Å². The summed E-state index contributed by atoms with van der Waals surface area (Å²) in [6, 6.07) is 95.5. The fourth-order valence-electron chi connectivity index (χ4n) is 9.26. The molecule has 0 nitrogen and oxygen atoms in total. The van der Waals surface area contributed by atoms with Gasteiger partial charge in [0.25, 0.3) is 0 Å². The lowest BCUT2D eigenvalue weighted by Crippen LogP contribution is -2.74. The van der Waals surface area contributed by atoms with Crippen LogP contribution in [0.1, 0.15) is 38.9 Å². The van der Waals surface area contributed by atoms with E-state index < -0.39 is 13.5 Å². The molecule has 0 aliphatic carbocycles. The van der Waals surface area contributed by atoms with Crippen LogP contribution in [0.5, 0.6) is 0 Å². The first-order chi connectivity index (χ1) is 30.3. The molecule has 0 heterocycles. The monoisotopic (exact) mass is 796 g/mol. The summed E-state index contributed by atoms with van der Waals surface area (Å²) in [5, 5.41) is 5.48. The van der Waals surface area contributed by atoms with Crippen molar-refractivity contribution in [1.82, 2.24) is 0 Å². The Balaban J connectivity index is 1.13. The fraction of sp³-hybridized carbons (Fsp3) is 0.0333. The molecule has 0 unspecified atom stereocenters. The van der Waals surface area contributed by atoms with Crippen molar-refractivity contribution in [1.29, 1.82) is 0 Å². The summed E-state index contributed by atoms with van der Waals surface area (Å²) in [6.07, 6.45) is 7.77. The standard InChI is InChI=1S/C60H48Si/c1-8-26-50(27-9-1)51(44-42-48-24-22-34-55(46-48)60(52-28-10-2-11-29-52,53-30-12-3-13-31-53)54-32-14-4-15-33-54)45-43-49-25-23-41-59(47-49)61(56-35-16-5-17-36-56,57-37-18-6-19-38-57)58-39-20-7-21-40-58/h1-41,43-47H,42H2/b45-43+,51-44+. The summed E-state index contributed by atoms with van der Waals surface area (Å²) < 4.78 is 0. The minimum atomic E-state index is -2.65. The summed E-state index contributed by atoms with van der Waals surface area (Å²) in [5.41, 5.74) is 9.32. The minimum absolute atomic E-state index is 0.492. The maximum Gasteiger partial charge on any atom is 0.179 e. The second kappa shape index (κ2) is 18.3. The average Bonchev–Trinajstić information content (AvgIpc) is 3.35. The normalized spacial score (nSPS) is 12.0. The first-order valence-corrected chi connectivity index (χ1v) is 23.2. The van der Waals surface area contributed by atoms with Gasteiger partial charge in [0.2, 0.25) is 0 Å². The van der Waals surface area contributed by atoms with Gasteiger partial charge in [0, 0.05) is 0 Å². The van der Waals surface area contributed by atoms with Gasteiger partial charge in [-0.3, -0.25) is 0 Å². The van der Waals surface area contributed by atoms with E-state index in [0.29, 0.717) is 0 Å². The van der Waals surface area contributed by atoms with Crippen LogP contribution in [-0.4, -0.2) is 8.07 Å². The van der Waals surface area contributed by atoms with Crippen LogP contribution >= 0.6 is 0 Å². The lowest BCUT2D eigenvalue weighted by atomic mass is 9.65. The number of hydrogen-bond donors (Lipinski definition) is 0. The van der Waals surface area contributed by atoms with Gasteiger partial charge in [-0.1, -0.05) is 279 Å². The minimum Gasteiger partial charge on any atom is -0.0723 e. The Hall–Kier alpha value is -7.32. The highest BCUT2D eigenvalue weighted by Crippen LogP contribution is 2.45. The molecule has 9 aromatic rings. The lowest BCUT2D eigenvalue weighted by Gasteiger charge is -2.37. The Labute approximate surface area is 362 Å². The van der Waals surface area contributed by atoms with Crippen molar-refractivity contribution < 1.29 is 0 Å². The predicted octanol–water partition coefficient (Wildman–Crippen LogP) is 11.8. The van der Waals surface area contributed by atoms with Crippen molar-refractivity contribution in [2.45, 2.75) is 11.8 Å². The zero-order chi connectivity index (χ0) is 41.2. The Kier molecular flexibility index (Phi) is 11.7. The van der Waals surface area contributed by atoms with Crippen LogP contribution in [0.25, 0.3) is 11.6 Å².